The lowest BCUT2D eigenvalue weighted by Crippen LogP contribution is -1.90. The van der Waals surface area contributed by atoms with E-state index in [0.29, 0.717) is 0 Å². The van der Waals surface area contributed by atoms with Crippen molar-refractivity contribution in [1.29, 1.82) is 5.26 Å². The van der Waals surface area contributed by atoms with Crippen LogP contribution in [0.15, 0.2) is 24.3 Å². The summed E-state index contributed by atoms with van der Waals surface area (Å²) in [6.07, 6.45) is 7.49. The molecule has 0 saturated heterocycles. The minimum atomic E-state index is 0.841. The van der Waals surface area contributed by atoms with Gasteiger partial charge in [0.15, 0.2) is 0 Å². The average Bonchev–Trinajstić information content (AvgIpc) is 2.29. The van der Waals surface area contributed by atoms with Crippen LogP contribution in [0, 0.1) is 11.3 Å². The fourth-order valence-electron chi connectivity index (χ4n) is 1.77. The summed E-state index contributed by atoms with van der Waals surface area (Å²) < 4.78 is 0. The number of hydrogen-bond donors (Lipinski definition) is 0. The van der Waals surface area contributed by atoms with E-state index >= 15 is 0 Å². The third-order valence-corrected chi connectivity index (χ3v) is 2.69. The van der Waals surface area contributed by atoms with Gasteiger partial charge in [-0.15, -0.1) is 0 Å². The third-order valence-electron chi connectivity index (χ3n) is 2.69. The minimum absolute atomic E-state index is 0.841. The van der Waals surface area contributed by atoms with Gasteiger partial charge in [0, 0.05) is 0 Å². The number of benzene rings is 1. The molecule has 0 aliphatic carbocycles. The van der Waals surface area contributed by atoms with Crippen LogP contribution in [0.1, 0.15) is 50.2 Å². The summed E-state index contributed by atoms with van der Waals surface area (Å²) in [6, 6.07) is 10.2. The molecular formula is C14H19N. The molecule has 1 aromatic rings. The Morgan fingerprint density at radius 2 is 1.80 bits per heavy atom. The van der Waals surface area contributed by atoms with Crippen LogP contribution < -0.4 is 0 Å². The Hall–Kier alpha value is -1.29. The molecule has 0 saturated carbocycles. The maximum atomic E-state index is 8.91. The fourth-order valence-corrected chi connectivity index (χ4v) is 1.77. The summed E-state index contributed by atoms with van der Waals surface area (Å²) in [6.45, 7) is 2.23. The van der Waals surface area contributed by atoms with E-state index in [9.17, 15) is 0 Å². The second-order valence-electron chi connectivity index (χ2n) is 3.93. The predicted molar refractivity (Wildman–Crippen MR) is 63.6 cm³/mol. The van der Waals surface area contributed by atoms with Gasteiger partial charge >= 0.3 is 0 Å². The Balaban J connectivity index is 2.34. The maximum absolute atomic E-state index is 8.91. The van der Waals surface area contributed by atoms with Crippen LogP contribution in [0.25, 0.3) is 0 Å². The Morgan fingerprint density at radius 1 is 1.07 bits per heavy atom. The number of hydrogen-bond acceptors (Lipinski definition) is 1. The van der Waals surface area contributed by atoms with E-state index in [1.807, 2.05) is 18.2 Å². The molecule has 1 rings (SSSR count). The first-order valence-electron chi connectivity index (χ1n) is 5.86. The zero-order valence-corrected chi connectivity index (χ0v) is 9.50. The zero-order chi connectivity index (χ0) is 10.9. The highest BCUT2D eigenvalue weighted by molar-refractivity contribution is 5.37. The van der Waals surface area contributed by atoms with Crippen LogP contribution in [0.3, 0.4) is 0 Å². The molecule has 0 fully saturated rings. The third kappa shape index (κ3) is 4.16. The normalized spacial score (nSPS) is 9.87. The van der Waals surface area contributed by atoms with E-state index in [1.54, 1.807) is 0 Å². The number of nitriles is 1. The molecule has 1 heteroatoms. The number of nitrogens with zero attached hydrogens (tertiary/aromatic N) is 1. The number of aryl methyl sites for hydroxylation is 1. The molecule has 80 valence electrons. The summed E-state index contributed by atoms with van der Waals surface area (Å²) in [5.41, 5.74) is 2.05. The molecule has 0 atom stereocenters. The number of unbranched alkanes of at least 4 members (excludes halogenated alkanes) is 4. The van der Waals surface area contributed by atoms with Gasteiger partial charge in [-0.05, 0) is 24.5 Å². The van der Waals surface area contributed by atoms with Crippen molar-refractivity contribution in [3.05, 3.63) is 35.4 Å². The lowest BCUT2D eigenvalue weighted by molar-refractivity contribution is 0.632. The van der Waals surface area contributed by atoms with Crippen molar-refractivity contribution in [2.75, 3.05) is 0 Å². The second-order valence-corrected chi connectivity index (χ2v) is 3.93. The van der Waals surface area contributed by atoms with Crippen molar-refractivity contribution in [3.8, 4) is 6.07 Å². The summed E-state index contributed by atoms with van der Waals surface area (Å²) in [5.74, 6) is 0. The highest BCUT2D eigenvalue weighted by atomic mass is 14.2. The second kappa shape index (κ2) is 7.06. The van der Waals surface area contributed by atoms with Crippen LogP contribution in [0.5, 0.6) is 0 Å². The molecule has 0 aliphatic heterocycles. The Kier molecular flexibility index (Phi) is 5.55. The van der Waals surface area contributed by atoms with Crippen molar-refractivity contribution < 1.29 is 0 Å². The molecule has 0 radical (unpaired) electrons. The smallest absolute Gasteiger partial charge is 0.0994 e. The van der Waals surface area contributed by atoms with E-state index in [-0.39, 0.29) is 0 Å². The quantitative estimate of drug-likeness (QED) is 0.636. The first kappa shape index (κ1) is 11.8. The summed E-state index contributed by atoms with van der Waals surface area (Å²) in [4.78, 5) is 0. The van der Waals surface area contributed by atoms with Crippen LogP contribution in [0.2, 0.25) is 0 Å². The molecule has 0 bridgehead atoms. The van der Waals surface area contributed by atoms with Crippen molar-refractivity contribution in [1.82, 2.24) is 0 Å². The highest BCUT2D eigenvalue weighted by Gasteiger charge is 1.99. The van der Waals surface area contributed by atoms with Gasteiger partial charge in [-0.2, -0.15) is 5.26 Å². The minimum Gasteiger partial charge on any atom is -0.192 e. The molecule has 0 aromatic heterocycles. The van der Waals surface area contributed by atoms with Crippen LogP contribution in [-0.4, -0.2) is 0 Å². The van der Waals surface area contributed by atoms with Gasteiger partial charge in [0.05, 0.1) is 11.6 Å². The Bertz CT molecular complexity index is 322. The first-order valence-corrected chi connectivity index (χ1v) is 5.86. The van der Waals surface area contributed by atoms with E-state index < -0.39 is 0 Å². The van der Waals surface area contributed by atoms with Gasteiger partial charge in [0.1, 0.15) is 0 Å². The van der Waals surface area contributed by atoms with Gasteiger partial charge in [-0.25, -0.2) is 0 Å². The predicted octanol–water partition coefficient (Wildman–Crippen LogP) is 4.07. The van der Waals surface area contributed by atoms with Gasteiger partial charge in [-0.1, -0.05) is 50.8 Å². The summed E-state index contributed by atoms with van der Waals surface area (Å²) >= 11 is 0. The first-order chi connectivity index (χ1) is 7.38. The Labute approximate surface area is 92.7 Å². The van der Waals surface area contributed by atoms with Crippen molar-refractivity contribution in [2.45, 2.75) is 45.4 Å². The molecule has 15 heavy (non-hydrogen) atoms. The number of rotatable bonds is 6. The van der Waals surface area contributed by atoms with Crippen molar-refractivity contribution in [2.24, 2.45) is 0 Å². The molecule has 1 nitrogen and oxygen atoms in total. The molecule has 0 spiro atoms. The van der Waals surface area contributed by atoms with E-state index in [4.69, 9.17) is 5.26 Å². The zero-order valence-electron chi connectivity index (χ0n) is 9.50. The monoisotopic (exact) mass is 201 g/mol. The topological polar surface area (TPSA) is 23.8 Å². The summed E-state index contributed by atoms with van der Waals surface area (Å²) in [7, 11) is 0. The van der Waals surface area contributed by atoms with Crippen molar-refractivity contribution in [3.63, 3.8) is 0 Å². The molecular weight excluding hydrogens is 182 g/mol. The van der Waals surface area contributed by atoms with E-state index in [0.717, 1.165) is 12.0 Å². The molecule has 0 heterocycles. The van der Waals surface area contributed by atoms with Gasteiger partial charge in [0.25, 0.3) is 0 Å². The Morgan fingerprint density at radius 3 is 2.53 bits per heavy atom. The van der Waals surface area contributed by atoms with E-state index in [2.05, 4.69) is 19.1 Å². The largest absolute Gasteiger partial charge is 0.192 e. The van der Waals surface area contributed by atoms with Gasteiger partial charge in [-0.3, -0.25) is 0 Å². The van der Waals surface area contributed by atoms with Gasteiger partial charge in [0.2, 0.25) is 0 Å². The lowest BCUT2D eigenvalue weighted by atomic mass is 10.0. The highest BCUT2D eigenvalue weighted by Crippen LogP contribution is 2.12. The SMILES string of the molecule is CCCCCCCc1ccccc1C#N. The molecule has 0 unspecified atom stereocenters. The van der Waals surface area contributed by atoms with E-state index in [1.165, 1.54) is 37.7 Å². The lowest BCUT2D eigenvalue weighted by Gasteiger charge is -2.03. The van der Waals surface area contributed by atoms with Gasteiger partial charge < -0.3 is 0 Å². The van der Waals surface area contributed by atoms with Crippen LogP contribution in [-0.2, 0) is 6.42 Å². The molecule has 1 aromatic carbocycles. The summed E-state index contributed by atoms with van der Waals surface area (Å²) in [5, 5.41) is 8.91. The van der Waals surface area contributed by atoms with Crippen molar-refractivity contribution >= 4 is 0 Å². The van der Waals surface area contributed by atoms with Crippen LogP contribution in [0.4, 0.5) is 0 Å². The molecule has 0 aliphatic rings. The standard InChI is InChI=1S/C14H19N/c1-2-3-4-5-6-9-13-10-7-8-11-14(13)12-15/h7-8,10-11H,2-6,9H2,1H3. The maximum Gasteiger partial charge on any atom is 0.0994 e. The molecule has 0 amide bonds. The molecule has 0 N–H and O–H groups in total. The fraction of sp³-hybridized carbons (Fsp3) is 0.500. The van der Waals surface area contributed by atoms with Crippen LogP contribution >= 0.6 is 0 Å². The average molecular weight is 201 g/mol.